The molecule has 0 aromatic heterocycles. The largest absolute Gasteiger partial charge is 0.377 e. The van der Waals surface area contributed by atoms with Gasteiger partial charge in [0.25, 0.3) is 11.6 Å². The highest BCUT2D eigenvalue weighted by molar-refractivity contribution is 5.96. The summed E-state index contributed by atoms with van der Waals surface area (Å²) in [5.41, 5.74) is 0.888. The second-order valence-electron chi connectivity index (χ2n) is 5.05. The van der Waals surface area contributed by atoms with Crippen LogP contribution in [0.25, 0.3) is 0 Å². The Balaban J connectivity index is 1.87. The van der Waals surface area contributed by atoms with Crippen LogP contribution in [0.2, 0.25) is 0 Å². The molecule has 1 aromatic rings. The van der Waals surface area contributed by atoms with Gasteiger partial charge >= 0.3 is 0 Å². The van der Waals surface area contributed by atoms with Crippen LogP contribution in [0.5, 0.6) is 0 Å². The first-order chi connectivity index (χ1) is 9.15. The molecule has 2 aliphatic rings. The molecule has 1 saturated carbocycles. The van der Waals surface area contributed by atoms with Gasteiger partial charge in [0.1, 0.15) is 5.69 Å². The molecule has 3 rings (SSSR count). The van der Waals surface area contributed by atoms with E-state index in [2.05, 4.69) is 5.32 Å². The highest BCUT2D eigenvalue weighted by Gasteiger charge is 2.27. The first-order valence-corrected chi connectivity index (χ1v) is 6.49. The van der Waals surface area contributed by atoms with Gasteiger partial charge in [0, 0.05) is 30.8 Å². The topological polar surface area (TPSA) is 75.5 Å². The summed E-state index contributed by atoms with van der Waals surface area (Å²) in [5, 5.41) is 14.2. The van der Waals surface area contributed by atoms with Crippen molar-refractivity contribution in [1.82, 2.24) is 4.90 Å². The highest BCUT2D eigenvalue weighted by Crippen LogP contribution is 2.32. The molecule has 1 aliphatic carbocycles. The Morgan fingerprint density at radius 2 is 2.11 bits per heavy atom. The Kier molecular flexibility index (Phi) is 2.85. The number of nitro groups is 1. The van der Waals surface area contributed by atoms with Crippen LogP contribution in [0.15, 0.2) is 18.2 Å². The molecule has 0 radical (unpaired) electrons. The number of amides is 1. The second kappa shape index (κ2) is 4.53. The average Bonchev–Trinajstić information content (AvgIpc) is 3.10. The van der Waals surface area contributed by atoms with Crippen molar-refractivity contribution in [2.45, 2.75) is 25.3 Å². The van der Waals surface area contributed by atoms with E-state index in [1.807, 2.05) is 0 Å². The molecule has 1 saturated heterocycles. The molecule has 0 unspecified atom stereocenters. The summed E-state index contributed by atoms with van der Waals surface area (Å²) >= 11 is 0. The van der Waals surface area contributed by atoms with E-state index in [0.717, 1.165) is 32.4 Å². The average molecular weight is 261 g/mol. The molecular formula is C13H15N3O3. The number of rotatable bonds is 4. The monoisotopic (exact) mass is 261 g/mol. The Morgan fingerprint density at radius 1 is 1.37 bits per heavy atom. The molecule has 1 amide bonds. The second-order valence-corrected chi connectivity index (χ2v) is 5.05. The van der Waals surface area contributed by atoms with Crippen molar-refractivity contribution in [1.29, 1.82) is 0 Å². The maximum Gasteiger partial charge on any atom is 0.293 e. The molecule has 6 nitrogen and oxygen atoms in total. The van der Waals surface area contributed by atoms with Crippen molar-refractivity contribution in [3.8, 4) is 0 Å². The molecule has 1 aliphatic heterocycles. The molecule has 1 heterocycles. The van der Waals surface area contributed by atoms with Crippen LogP contribution >= 0.6 is 0 Å². The predicted molar refractivity (Wildman–Crippen MR) is 70.3 cm³/mol. The third kappa shape index (κ3) is 2.38. The van der Waals surface area contributed by atoms with E-state index in [-0.39, 0.29) is 11.6 Å². The molecule has 6 heteroatoms. The predicted octanol–water partition coefficient (Wildman–Crippen LogP) is 2.01. The van der Waals surface area contributed by atoms with Gasteiger partial charge < -0.3 is 10.2 Å². The number of nitrogens with one attached hydrogen (secondary N) is 1. The number of nitro benzene ring substituents is 1. The van der Waals surface area contributed by atoms with Crippen molar-refractivity contribution in [3.63, 3.8) is 0 Å². The van der Waals surface area contributed by atoms with Crippen molar-refractivity contribution >= 4 is 17.3 Å². The number of hydrogen-bond donors (Lipinski definition) is 1. The normalized spacial score (nSPS) is 17.8. The van der Waals surface area contributed by atoms with Crippen LogP contribution in [0.1, 0.15) is 29.6 Å². The van der Waals surface area contributed by atoms with Crippen LogP contribution < -0.4 is 5.32 Å². The van der Waals surface area contributed by atoms with Gasteiger partial charge in [-0.2, -0.15) is 0 Å². The number of carbonyl (C=O) groups is 1. The molecule has 1 N–H and O–H groups in total. The van der Waals surface area contributed by atoms with E-state index >= 15 is 0 Å². The number of benzene rings is 1. The molecule has 19 heavy (non-hydrogen) atoms. The fourth-order valence-electron chi connectivity index (χ4n) is 2.09. The maximum atomic E-state index is 12.0. The Hall–Kier alpha value is -2.11. The first kappa shape index (κ1) is 12.0. The fourth-order valence-corrected chi connectivity index (χ4v) is 2.09. The zero-order valence-corrected chi connectivity index (χ0v) is 10.5. The van der Waals surface area contributed by atoms with Crippen molar-refractivity contribution < 1.29 is 9.72 Å². The summed E-state index contributed by atoms with van der Waals surface area (Å²) in [6.07, 6.45) is 3.10. The standard InChI is InChI=1S/C13H15N3O3/c17-13(15-6-1-7-15)9-2-5-11(14-10-3-4-10)12(8-9)16(18)19/h2,5,8,10,14H,1,3-4,6-7H2. The van der Waals surface area contributed by atoms with Crippen LogP contribution in [0.3, 0.4) is 0 Å². The molecule has 2 fully saturated rings. The van der Waals surface area contributed by atoms with E-state index in [1.165, 1.54) is 6.07 Å². The van der Waals surface area contributed by atoms with Crippen LogP contribution in [-0.2, 0) is 0 Å². The summed E-state index contributed by atoms with van der Waals surface area (Å²) in [5.74, 6) is -0.118. The third-order valence-electron chi connectivity index (χ3n) is 3.52. The maximum absolute atomic E-state index is 12.0. The van der Waals surface area contributed by atoms with Crippen LogP contribution in [0.4, 0.5) is 11.4 Å². The van der Waals surface area contributed by atoms with Crippen LogP contribution in [0, 0.1) is 10.1 Å². The van der Waals surface area contributed by atoms with Gasteiger partial charge in [-0.05, 0) is 31.4 Å². The van der Waals surface area contributed by atoms with Gasteiger partial charge in [0.15, 0.2) is 0 Å². The lowest BCUT2D eigenvalue weighted by Crippen LogP contribution is -2.42. The molecule has 1 aromatic carbocycles. The van der Waals surface area contributed by atoms with Gasteiger partial charge in [0.2, 0.25) is 0 Å². The Morgan fingerprint density at radius 3 is 2.63 bits per heavy atom. The Bertz CT molecular complexity index is 536. The van der Waals surface area contributed by atoms with Gasteiger partial charge in [0.05, 0.1) is 4.92 Å². The van der Waals surface area contributed by atoms with Crippen molar-refractivity contribution in [2.24, 2.45) is 0 Å². The third-order valence-corrected chi connectivity index (χ3v) is 3.52. The number of anilines is 1. The number of carbonyl (C=O) groups excluding carboxylic acids is 1. The zero-order valence-electron chi connectivity index (χ0n) is 10.5. The SMILES string of the molecule is O=C(c1ccc(NC2CC2)c([N+](=O)[O-])c1)N1CCC1. The minimum Gasteiger partial charge on any atom is -0.377 e. The number of hydrogen-bond acceptors (Lipinski definition) is 4. The lowest BCUT2D eigenvalue weighted by molar-refractivity contribution is -0.384. The van der Waals surface area contributed by atoms with E-state index in [1.54, 1.807) is 17.0 Å². The Labute approximate surface area is 110 Å². The van der Waals surface area contributed by atoms with Crippen LogP contribution in [-0.4, -0.2) is 34.9 Å². The number of likely N-dealkylation sites (tertiary alicyclic amines) is 1. The van der Waals surface area contributed by atoms with Gasteiger partial charge in [-0.3, -0.25) is 14.9 Å². The lowest BCUT2D eigenvalue weighted by Gasteiger charge is -2.30. The minimum absolute atomic E-state index is 0.0155. The lowest BCUT2D eigenvalue weighted by atomic mass is 10.1. The molecule has 0 spiro atoms. The zero-order chi connectivity index (χ0) is 13.4. The summed E-state index contributed by atoms with van der Waals surface area (Å²) < 4.78 is 0. The van der Waals surface area contributed by atoms with Crippen molar-refractivity contribution in [2.75, 3.05) is 18.4 Å². The highest BCUT2D eigenvalue weighted by atomic mass is 16.6. The smallest absolute Gasteiger partial charge is 0.293 e. The summed E-state index contributed by atoms with van der Waals surface area (Å²) in [7, 11) is 0. The first-order valence-electron chi connectivity index (χ1n) is 6.49. The summed E-state index contributed by atoms with van der Waals surface area (Å²) in [6.45, 7) is 1.49. The molecular weight excluding hydrogens is 246 g/mol. The van der Waals surface area contributed by atoms with Gasteiger partial charge in [-0.1, -0.05) is 0 Å². The van der Waals surface area contributed by atoms with Crippen molar-refractivity contribution in [3.05, 3.63) is 33.9 Å². The fraction of sp³-hybridized carbons (Fsp3) is 0.462. The number of nitrogens with zero attached hydrogens (tertiary/aromatic N) is 2. The van der Waals surface area contributed by atoms with E-state index in [9.17, 15) is 14.9 Å². The quantitative estimate of drug-likeness (QED) is 0.664. The van der Waals surface area contributed by atoms with Gasteiger partial charge in [-0.25, -0.2) is 0 Å². The van der Waals surface area contributed by atoms with E-state index in [4.69, 9.17) is 0 Å². The summed E-state index contributed by atoms with van der Waals surface area (Å²) in [4.78, 5) is 24.4. The summed E-state index contributed by atoms with van der Waals surface area (Å²) in [6, 6.07) is 5.03. The van der Waals surface area contributed by atoms with E-state index < -0.39 is 4.92 Å². The minimum atomic E-state index is -0.433. The molecule has 0 bridgehead atoms. The molecule has 0 atom stereocenters. The van der Waals surface area contributed by atoms with E-state index in [0.29, 0.717) is 17.3 Å². The molecule has 100 valence electrons. The van der Waals surface area contributed by atoms with Gasteiger partial charge in [-0.15, -0.1) is 0 Å².